The number of aromatic amines is 2. The van der Waals surface area contributed by atoms with Gasteiger partial charge < -0.3 is 40.1 Å². The Morgan fingerprint density at radius 1 is 0.783 bits per heavy atom. The molecule has 15 heteroatoms. The van der Waals surface area contributed by atoms with E-state index in [2.05, 4.69) is 70.8 Å². The Labute approximate surface area is 351 Å². The third-order valence-corrected chi connectivity index (χ3v) is 12.8. The molecule has 5 aromatic rings. The smallest absolute Gasteiger partial charge is 0.407 e. The average Bonchev–Trinajstić information content (AvgIpc) is 4.12. The van der Waals surface area contributed by atoms with Gasteiger partial charge in [-0.05, 0) is 72.6 Å². The molecule has 2 aromatic carbocycles. The van der Waals surface area contributed by atoms with Crippen LogP contribution < -0.4 is 10.6 Å². The van der Waals surface area contributed by atoms with Crippen LogP contribution in [0.5, 0.6) is 0 Å². The molecule has 0 radical (unpaired) electrons. The van der Waals surface area contributed by atoms with Gasteiger partial charge in [0.2, 0.25) is 5.91 Å². The van der Waals surface area contributed by atoms with Gasteiger partial charge in [0.1, 0.15) is 23.9 Å². The third-order valence-electron chi connectivity index (χ3n) is 12.8. The average molecular weight is 822 g/mol. The van der Waals surface area contributed by atoms with Crippen LogP contribution in [0.15, 0.2) is 54.7 Å². The maximum Gasteiger partial charge on any atom is 0.407 e. The topological polar surface area (TPSA) is 191 Å². The third kappa shape index (κ3) is 8.69. The van der Waals surface area contributed by atoms with E-state index < -0.39 is 30.5 Å². The van der Waals surface area contributed by atoms with Gasteiger partial charge in [-0.1, -0.05) is 77.6 Å². The van der Waals surface area contributed by atoms with Gasteiger partial charge in [0.25, 0.3) is 0 Å². The fourth-order valence-electron chi connectivity index (χ4n) is 9.31. The number of aromatic nitrogens is 5. The van der Waals surface area contributed by atoms with Crippen molar-refractivity contribution < 1.29 is 29.0 Å². The standard InChI is InChI=1S/C45H59N9O6/c1-7-26(8-2)37(50-44(57)59-5)42(55)53-21-11-13-35(53)40-46-25-34(49-40)31-18-16-28-23-30(17-15-29(28)24-31)32-19-20-33-39(47-32)52-41(48-33)36-14-12-22-54(36)43(56)38(27(9-3)10-4)51-45(58)60-6/h15-20,23-27,35-38,43,56H,7-14,21-22H2,1-6H3,(H,46,49)(H,50,57)(H,51,58)(H,47,48,52). The highest BCUT2D eigenvalue weighted by Gasteiger charge is 2.41. The number of rotatable bonds is 15. The number of likely N-dealkylation sites (tertiary alicyclic amines) is 2. The monoisotopic (exact) mass is 821 g/mol. The van der Waals surface area contributed by atoms with Crippen LogP contribution in [0, 0.1) is 11.8 Å². The summed E-state index contributed by atoms with van der Waals surface area (Å²) in [5, 5.41) is 19.5. The first-order valence-electron chi connectivity index (χ1n) is 21.5. The lowest BCUT2D eigenvalue weighted by Gasteiger charge is -2.37. The van der Waals surface area contributed by atoms with Crippen LogP contribution in [-0.2, 0) is 14.3 Å². The maximum absolute atomic E-state index is 13.9. The summed E-state index contributed by atoms with van der Waals surface area (Å²) in [6, 6.07) is 15.0. The highest BCUT2D eigenvalue weighted by molar-refractivity contribution is 5.91. The predicted octanol–water partition coefficient (Wildman–Crippen LogP) is 7.61. The van der Waals surface area contributed by atoms with Gasteiger partial charge in [0.15, 0.2) is 5.65 Å². The first-order valence-corrected chi connectivity index (χ1v) is 21.5. The second-order valence-corrected chi connectivity index (χ2v) is 16.1. The fraction of sp³-hybridized carbons (Fsp3) is 0.511. The number of nitrogens with one attached hydrogen (secondary N) is 4. The van der Waals surface area contributed by atoms with Crippen molar-refractivity contribution in [2.75, 3.05) is 27.3 Å². The number of H-pyrrole nitrogens is 2. The number of alkyl carbamates (subject to hydrolysis) is 2. The van der Waals surface area contributed by atoms with Gasteiger partial charge >= 0.3 is 12.2 Å². The molecule has 2 saturated heterocycles. The van der Waals surface area contributed by atoms with Gasteiger partial charge in [-0.3, -0.25) is 9.69 Å². The van der Waals surface area contributed by atoms with Crippen LogP contribution in [0.4, 0.5) is 9.59 Å². The van der Waals surface area contributed by atoms with Crippen molar-refractivity contribution >= 4 is 40.0 Å². The van der Waals surface area contributed by atoms with E-state index in [1.807, 2.05) is 42.0 Å². The summed E-state index contributed by atoms with van der Waals surface area (Å²) in [6.45, 7) is 9.47. The van der Waals surface area contributed by atoms with Crippen molar-refractivity contribution in [3.8, 4) is 22.5 Å². The molecule has 320 valence electrons. The number of aliphatic hydroxyl groups is 1. The Hall–Kier alpha value is -5.54. The minimum atomic E-state index is -0.907. The number of hydrogen-bond acceptors (Lipinski definition) is 10. The lowest BCUT2D eigenvalue weighted by Crippen LogP contribution is -2.55. The number of hydrogen-bond donors (Lipinski definition) is 5. The maximum atomic E-state index is 13.9. The van der Waals surface area contributed by atoms with E-state index in [-0.39, 0.29) is 29.8 Å². The van der Waals surface area contributed by atoms with Crippen molar-refractivity contribution in [1.82, 2.24) is 45.4 Å². The number of amides is 3. The van der Waals surface area contributed by atoms with Crippen molar-refractivity contribution in [2.45, 2.75) is 109 Å². The molecule has 0 bridgehead atoms. The molecule has 5 N–H and O–H groups in total. The first-order chi connectivity index (χ1) is 29.1. The van der Waals surface area contributed by atoms with Crippen molar-refractivity contribution in [3.05, 3.63) is 66.4 Å². The summed E-state index contributed by atoms with van der Waals surface area (Å²) in [4.78, 5) is 63.9. The molecule has 15 nitrogen and oxygen atoms in total. The number of nitrogens with zero attached hydrogens (tertiary/aromatic N) is 5. The summed E-state index contributed by atoms with van der Waals surface area (Å²) < 4.78 is 9.76. The van der Waals surface area contributed by atoms with Crippen LogP contribution in [0.25, 0.3) is 44.5 Å². The number of pyridine rings is 1. The molecule has 2 fully saturated rings. The number of methoxy groups -OCH3 is 2. The van der Waals surface area contributed by atoms with E-state index in [0.29, 0.717) is 18.7 Å². The molecule has 5 heterocycles. The molecule has 5 atom stereocenters. The Morgan fingerprint density at radius 3 is 2.13 bits per heavy atom. The predicted molar refractivity (Wildman–Crippen MR) is 230 cm³/mol. The highest BCUT2D eigenvalue weighted by Crippen LogP contribution is 2.37. The van der Waals surface area contributed by atoms with E-state index in [1.165, 1.54) is 14.2 Å². The summed E-state index contributed by atoms with van der Waals surface area (Å²) in [6.07, 6.45) is 6.23. The zero-order valence-electron chi connectivity index (χ0n) is 35.5. The first kappa shape index (κ1) is 42.6. The van der Waals surface area contributed by atoms with Crippen LogP contribution in [-0.4, -0.2) is 104 Å². The number of carbonyl (C=O) groups excluding carboxylic acids is 3. The van der Waals surface area contributed by atoms with Gasteiger partial charge in [-0.2, -0.15) is 0 Å². The minimum Gasteiger partial charge on any atom is -0.453 e. The Bertz CT molecular complexity index is 2280. The molecule has 0 aliphatic carbocycles. The number of aliphatic hydroxyl groups excluding tert-OH is 1. The summed E-state index contributed by atoms with van der Waals surface area (Å²) >= 11 is 0. The number of carbonyl (C=O) groups is 3. The molecule has 3 aromatic heterocycles. The minimum absolute atomic E-state index is 0.00757. The van der Waals surface area contributed by atoms with E-state index in [4.69, 9.17) is 24.4 Å². The zero-order chi connectivity index (χ0) is 42.5. The summed E-state index contributed by atoms with van der Waals surface area (Å²) in [7, 11) is 2.65. The largest absolute Gasteiger partial charge is 0.453 e. The van der Waals surface area contributed by atoms with Gasteiger partial charge in [-0.15, -0.1) is 0 Å². The normalized spacial score (nSPS) is 18.6. The quantitative estimate of drug-likeness (QED) is 0.0703. The fourth-order valence-corrected chi connectivity index (χ4v) is 9.31. The van der Waals surface area contributed by atoms with Crippen molar-refractivity contribution in [3.63, 3.8) is 0 Å². The number of benzene rings is 2. The SMILES string of the molecule is CCC(CC)C(NC(=O)OC)C(=O)N1CCCC1c1ncc(-c2ccc3cc(-c4ccc5[nH]c(C6CCCN6C(O)C(NC(=O)OC)C(CC)CC)nc5n4)ccc3c2)[nH]1. The molecule has 2 aliphatic heterocycles. The number of ether oxygens (including phenoxy) is 2. The van der Waals surface area contributed by atoms with E-state index in [1.54, 1.807) is 0 Å². The Kier molecular flexibility index (Phi) is 13.3. The second kappa shape index (κ2) is 18.8. The lowest BCUT2D eigenvalue weighted by molar-refractivity contribution is -0.136. The van der Waals surface area contributed by atoms with E-state index in [9.17, 15) is 19.5 Å². The van der Waals surface area contributed by atoms with Gasteiger partial charge in [-0.25, -0.2) is 24.5 Å². The van der Waals surface area contributed by atoms with E-state index >= 15 is 0 Å². The van der Waals surface area contributed by atoms with Crippen LogP contribution in [0.2, 0.25) is 0 Å². The molecular formula is C45H59N9O6. The van der Waals surface area contributed by atoms with Crippen LogP contribution >= 0.6 is 0 Å². The van der Waals surface area contributed by atoms with Gasteiger partial charge in [0.05, 0.1) is 55.4 Å². The summed E-state index contributed by atoms with van der Waals surface area (Å²) in [5.74, 6) is 1.44. The van der Waals surface area contributed by atoms with Crippen LogP contribution in [0.1, 0.15) is 103 Å². The zero-order valence-corrected chi connectivity index (χ0v) is 35.5. The molecule has 0 saturated carbocycles. The van der Waals surface area contributed by atoms with Crippen molar-refractivity contribution in [2.24, 2.45) is 11.8 Å². The number of fused-ring (bicyclic) bond motifs is 2. The Balaban J connectivity index is 1.07. The molecule has 5 unspecified atom stereocenters. The molecule has 0 spiro atoms. The summed E-state index contributed by atoms with van der Waals surface area (Å²) in [5.41, 5.74) is 5.02. The van der Waals surface area contributed by atoms with Crippen LogP contribution in [0.3, 0.4) is 0 Å². The van der Waals surface area contributed by atoms with Crippen molar-refractivity contribution in [1.29, 1.82) is 0 Å². The van der Waals surface area contributed by atoms with E-state index in [0.717, 1.165) is 102 Å². The Morgan fingerprint density at radius 2 is 1.43 bits per heavy atom. The molecule has 7 rings (SSSR count). The highest BCUT2D eigenvalue weighted by atomic mass is 16.5. The molecule has 3 amide bonds. The molecule has 60 heavy (non-hydrogen) atoms. The van der Waals surface area contributed by atoms with Gasteiger partial charge in [0, 0.05) is 24.2 Å². The molecule has 2 aliphatic rings. The second-order valence-electron chi connectivity index (χ2n) is 16.1. The number of imidazole rings is 2. The molecular weight excluding hydrogens is 763 g/mol. The lowest BCUT2D eigenvalue weighted by atomic mass is 9.92.